The summed E-state index contributed by atoms with van der Waals surface area (Å²) in [6.07, 6.45) is 3.40. The van der Waals surface area contributed by atoms with Crippen molar-refractivity contribution >= 4 is 17.9 Å². The average molecular weight is 538 g/mol. The first-order valence-electron chi connectivity index (χ1n) is 14.2. The lowest BCUT2D eigenvalue weighted by Crippen LogP contribution is -2.55. The molecule has 3 amide bonds. The first-order valence-corrected chi connectivity index (χ1v) is 14.2. The molecular weight excluding hydrogens is 490 g/mol. The van der Waals surface area contributed by atoms with Crippen LogP contribution in [-0.4, -0.2) is 47.0 Å². The van der Waals surface area contributed by atoms with Crippen LogP contribution >= 0.6 is 0 Å². The maximum absolute atomic E-state index is 14.3. The molecule has 7 nitrogen and oxygen atoms in total. The highest BCUT2D eigenvalue weighted by Crippen LogP contribution is 2.26. The second kappa shape index (κ2) is 15.3. The summed E-state index contributed by atoms with van der Waals surface area (Å²) in [7, 11) is 0. The highest BCUT2D eigenvalue weighted by atomic mass is 16.6. The Bertz CT molecular complexity index is 1050. The Kier molecular flexibility index (Phi) is 12.5. The van der Waals surface area contributed by atoms with Gasteiger partial charge in [-0.05, 0) is 64.2 Å². The summed E-state index contributed by atoms with van der Waals surface area (Å²) in [6, 6.07) is 15.3. The SMILES string of the molecule is CCCCCNC(=O)C(c1ccc(CC)cc1)N(C(=O)C(Cc1ccccc1)NC(=O)OC(C)(C)C)C(C)C. The topological polar surface area (TPSA) is 87.7 Å². The molecule has 0 spiro atoms. The number of hydrogen-bond donors (Lipinski definition) is 2. The van der Waals surface area contributed by atoms with E-state index in [0.717, 1.165) is 42.4 Å². The van der Waals surface area contributed by atoms with Crippen LogP contribution in [-0.2, 0) is 27.2 Å². The maximum atomic E-state index is 14.3. The second-order valence-electron chi connectivity index (χ2n) is 11.2. The van der Waals surface area contributed by atoms with Gasteiger partial charge in [0, 0.05) is 19.0 Å². The van der Waals surface area contributed by atoms with E-state index in [2.05, 4.69) is 24.5 Å². The summed E-state index contributed by atoms with van der Waals surface area (Å²) in [4.78, 5) is 42.4. The van der Waals surface area contributed by atoms with Crippen LogP contribution in [0.4, 0.5) is 4.79 Å². The number of nitrogens with one attached hydrogen (secondary N) is 2. The fourth-order valence-electron chi connectivity index (χ4n) is 4.42. The molecule has 214 valence electrons. The molecule has 2 unspecified atom stereocenters. The highest BCUT2D eigenvalue weighted by molar-refractivity contribution is 5.92. The van der Waals surface area contributed by atoms with E-state index < -0.39 is 23.8 Å². The van der Waals surface area contributed by atoms with Crippen molar-refractivity contribution in [3.63, 3.8) is 0 Å². The van der Waals surface area contributed by atoms with Crippen LogP contribution in [0.1, 0.15) is 90.5 Å². The third-order valence-corrected chi connectivity index (χ3v) is 6.39. The normalized spacial score (nSPS) is 12.9. The van der Waals surface area contributed by atoms with Crippen LogP contribution in [0, 0.1) is 0 Å². The summed E-state index contributed by atoms with van der Waals surface area (Å²) >= 11 is 0. The fourth-order valence-corrected chi connectivity index (χ4v) is 4.42. The lowest BCUT2D eigenvalue weighted by atomic mass is 9.97. The quantitative estimate of drug-likeness (QED) is 0.308. The van der Waals surface area contributed by atoms with Gasteiger partial charge in [0.15, 0.2) is 0 Å². The van der Waals surface area contributed by atoms with Gasteiger partial charge >= 0.3 is 6.09 Å². The van der Waals surface area contributed by atoms with Crippen LogP contribution in [0.5, 0.6) is 0 Å². The molecule has 0 aromatic heterocycles. The molecule has 0 saturated carbocycles. The summed E-state index contributed by atoms with van der Waals surface area (Å²) in [5, 5.41) is 5.85. The number of hydrogen-bond acceptors (Lipinski definition) is 4. The lowest BCUT2D eigenvalue weighted by molar-refractivity contribution is -0.144. The standard InChI is InChI=1S/C32H47N3O4/c1-8-10-14-21-33-29(36)28(26-19-17-24(9-2)18-20-26)35(23(3)4)30(37)27(22-25-15-12-11-13-16-25)34-31(38)39-32(5,6)7/h11-13,15-20,23,27-28H,8-10,14,21-22H2,1-7H3,(H,33,36)(H,34,38). The van der Waals surface area contributed by atoms with E-state index in [-0.39, 0.29) is 24.3 Å². The van der Waals surface area contributed by atoms with Crippen molar-refractivity contribution in [2.24, 2.45) is 0 Å². The minimum atomic E-state index is -0.921. The molecule has 2 aromatic carbocycles. The molecule has 39 heavy (non-hydrogen) atoms. The number of carbonyl (C=O) groups is 3. The summed E-state index contributed by atoms with van der Waals surface area (Å²) < 4.78 is 5.49. The molecule has 7 heteroatoms. The van der Waals surface area contributed by atoms with Crippen molar-refractivity contribution in [1.82, 2.24) is 15.5 Å². The van der Waals surface area contributed by atoms with E-state index in [1.807, 2.05) is 68.4 Å². The first-order chi connectivity index (χ1) is 18.5. The van der Waals surface area contributed by atoms with Crippen molar-refractivity contribution in [2.75, 3.05) is 6.54 Å². The molecule has 0 fully saturated rings. The van der Waals surface area contributed by atoms with Gasteiger partial charge < -0.3 is 20.3 Å². The van der Waals surface area contributed by atoms with E-state index in [1.165, 1.54) is 0 Å². The number of nitrogens with zero attached hydrogens (tertiary/aromatic N) is 1. The Hall–Kier alpha value is -3.35. The third kappa shape index (κ3) is 10.4. The molecule has 0 heterocycles. The number of ether oxygens (including phenoxy) is 1. The van der Waals surface area contributed by atoms with Crippen molar-refractivity contribution < 1.29 is 19.1 Å². The smallest absolute Gasteiger partial charge is 0.408 e. The van der Waals surface area contributed by atoms with Gasteiger partial charge in [-0.1, -0.05) is 81.3 Å². The average Bonchev–Trinajstić information content (AvgIpc) is 2.88. The molecule has 0 aliphatic rings. The highest BCUT2D eigenvalue weighted by Gasteiger charge is 2.37. The van der Waals surface area contributed by atoms with Gasteiger partial charge in [-0.2, -0.15) is 0 Å². The summed E-state index contributed by atoms with van der Waals surface area (Å²) in [5.74, 6) is -0.568. The molecule has 0 radical (unpaired) electrons. The van der Waals surface area contributed by atoms with E-state index in [1.54, 1.807) is 25.7 Å². The Morgan fingerprint density at radius 3 is 2.08 bits per heavy atom. The Morgan fingerprint density at radius 1 is 0.897 bits per heavy atom. The van der Waals surface area contributed by atoms with E-state index in [0.29, 0.717) is 6.54 Å². The number of alkyl carbamates (subject to hydrolysis) is 1. The number of benzene rings is 2. The van der Waals surface area contributed by atoms with Crippen LogP contribution in [0.2, 0.25) is 0 Å². The third-order valence-electron chi connectivity index (χ3n) is 6.39. The van der Waals surface area contributed by atoms with Gasteiger partial charge in [-0.15, -0.1) is 0 Å². The summed E-state index contributed by atoms with van der Waals surface area (Å²) in [6.45, 7) is 13.8. The fraction of sp³-hybridized carbons (Fsp3) is 0.531. The van der Waals surface area contributed by atoms with Crippen LogP contribution in [0.25, 0.3) is 0 Å². The lowest BCUT2D eigenvalue weighted by Gasteiger charge is -2.37. The number of aryl methyl sites for hydroxylation is 1. The Labute approximate surface area is 234 Å². The van der Waals surface area contributed by atoms with Gasteiger partial charge in [0.1, 0.15) is 17.7 Å². The second-order valence-corrected chi connectivity index (χ2v) is 11.2. The molecule has 2 N–H and O–H groups in total. The van der Waals surface area contributed by atoms with Crippen molar-refractivity contribution in [3.8, 4) is 0 Å². The predicted octanol–water partition coefficient (Wildman–Crippen LogP) is 5.97. The molecule has 2 rings (SSSR count). The van der Waals surface area contributed by atoms with E-state index in [4.69, 9.17) is 4.74 Å². The van der Waals surface area contributed by atoms with Crippen molar-refractivity contribution in [1.29, 1.82) is 0 Å². The monoisotopic (exact) mass is 537 g/mol. The van der Waals surface area contributed by atoms with Crippen LogP contribution in [0.15, 0.2) is 54.6 Å². The predicted molar refractivity (Wildman–Crippen MR) is 156 cm³/mol. The molecule has 0 bridgehead atoms. The van der Waals surface area contributed by atoms with Gasteiger partial charge in [-0.3, -0.25) is 9.59 Å². The molecule has 2 aromatic rings. The maximum Gasteiger partial charge on any atom is 0.408 e. The van der Waals surface area contributed by atoms with E-state index >= 15 is 0 Å². The molecule has 0 aliphatic carbocycles. The van der Waals surface area contributed by atoms with Crippen molar-refractivity contribution in [3.05, 3.63) is 71.3 Å². The Morgan fingerprint density at radius 2 is 1.54 bits per heavy atom. The van der Waals surface area contributed by atoms with Crippen molar-refractivity contribution in [2.45, 2.75) is 104 Å². The summed E-state index contributed by atoms with van der Waals surface area (Å²) in [5.41, 5.74) is 2.06. The van der Waals surface area contributed by atoms with E-state index in [9.17, 15) is 14.4 Å². The number of rotatable bonds is 13. The minimum Gasteiger partial charge on any atom is -0.444 e. The van der Waals surface area contributed by atoms with Gasteiger partial charge in [0.05, 0.1) is 0 Å². The number of unbranched alkanes of at least 4 members (excludes halogenated alkanes) is 2. The zero-order valence-corrected chi connectivity index (χ0v) is 24.8. The first kappa shape index (κ1) is 31.9. The molecular formula is C32H47N3O4. The Balaban J connectivity index is 2.48. The van der Waals surface area contributed by atoms with Gasteiger partial charge in [-0.25, -0.2) is 4.79 Å². The molecule has 0 aliphatic heterocycles. The van der Waals surface area contributed by atoms with Crippen LogP contribution < -0.4 is 10.6 Å². The largest absolute Gasteiger partial charge is 0.444 e. The number of carbonyl (C=O) groups excluding carboxylic acids is 3. The molecule has 2 atom stereocenters. The van der Waals surface area contributed by atoms with Gasteiger partial charge in [0.2, 0.25) is 11.8 Å². The zero-order valence-electron chi connectivity index (χ0n) is 24.8. The molecule has 0 saturated heterocycles. The zero-order chi connectivity index (χ0) is 29.0. The van der Waals surface area contributed by atoms with Crippen LogP contribution in [0.3, 0.4) is 0 Å². The number of amides is 3. The minimum absolute atomic E-state index is 0.229. The van der Waals surface area contributed by atoms with Gasteiger partial charge in [0.25, 0.3) is 0 Å².